The standard InChI is InChI=1S/C16H28N2O/c1-4-5-6-10-18(14(2)3)11-12-19-16-9-7-8-15(17)13-16/h7-9,13-14H,4-6,10-12,17H2,1-3H3. The number of benzene rings is 1. The molecule has 0 aromatic heterocycles. The highest BCUT2D eigenvalue weighted by atomic mass is 16.5. The minimum Gasteiger partial charge on any atom is -0.492 e. The summed E-state index contributed by atoms with van der Waals surface area (Å²) in [6, 6.07) is 8.19. The predicted octanol–water partition coefficient (Wildman–Crippen LogP) is 3.55. The summed E-state index contributed by atoms with van der Waals surface area (Å²) >= 11 is 0. The van der Waals surface area contributed by atoms with Gasteiger partial charge in [-0.05, 0) is 38.9 Å². The van der Waals surface area contributed by atoms with Crippen LogP contribution < -0.4 is 10.5 Å². The van der Waals surface area contributed by atoms with E-state index in [1.165, 1.54) is 19.3 Å². The van der Waals surface area contributed by atoms with Crippen molar-refractivity contribution in [1.29, 1.82) is 0 Å². The molecule has 19 heavy (non-hydrogen) atoms. The number of nitrogens with zero attached hydrogens (tertiary/aromatic N) is 1. The summed E-state index contributed by atoms with van der Waals surface area (Å²) < 4.78 is 5.75. The van der Waals surface area contributed by atoms with Crippen molar-refractivity contribution in [2.45, 2.75) is 46.1 Å². The molecule has 1 aromatic carbocycles. The number of unbranched alkanes of at least 4 members (excludes halogenated alkanes) is 2. The molecule has 0 atom stereocenters. The zero-order valence-corrected chi connectivity index (χ0v) is 12.6. The Morgan fingerprint density at radius 1 is 1.21 bits per heavy atom. The van der Waals surface area contributed by atoms with Crippen LogP contribution in [0.1, 0.15) is 40.0 Å². The molecule has 0 saturated heterocycles. The van der Waals surface area contributed by atoms with Crippen molar-refractivity contribution in [2.24, 2.45) is 0 Å². The molecule has 0 aliphatic carbocycles. The van der Waals surface area contributed by atoms with E-state index in [1.54, 1.807) is 0 Å². The summed E-state index contributed by atoms with van der Waals surface area (Å²) in [5.74, 6) is 0.859. The van der Waals surface area contributed by atoms with Crippen molar-refractivity contribution in [1.82, 2.24) is 4.90 Å². The molecular formula is C16H28N2O. The van der Waals surface area contributed by atoms with E-state index in [1.807, 2.05) is 24.3 Å². The lowest BCUT2D eigenvalue weighted by Gasteiger charge is -2.26. The van der Waals surface area contributed by atoms with Gasteiger partial charge in [-0.1, -0.05) is 25.8 Å². The summed E-state index contributed by atoms with van der Waals surface area (Å²) in [5.41, 5.74) is 6.48. The lowest BCUT2D eigenvalue weighted by molar-refractivity contribution is 0.173. The summed E-state index contributed by atoms with van der Waals surface area (Å²) in [6.45, 7) is 9.57. The largest absolute Gasteiger partial charge is 0.492 e. The van der Waals surface area contributed by atoms with Gasteiger partial charge in [-0.2, -0.15) is 0 Å². The maximum Gasteiger partial charge on any atom is 0.121 e. The highest BCUT2D eigenvalue weighted by Gasteiger charge is 2.08. The van der Waals surface area contributed by atoms with Gasteiger partial charge in [0.2, 0.25) is 0 Å². The Labute approximate surface area is 117 Å². The molecule has 0 amide bonds. The molecule has 0 saturated carbocycles. The molecule has 2 N–H and O–H groups in total. The molecule has 0 fully saturated rings. The maximum absolute atomic E-state index is 5.75. The van der Waals surface area contributed by atoms with Crippen molar-refractivity contribution in [3.8, 4) is 5.75 Å². The molecule has 3 heteroatoms. The van der Waals surface area contributed by atoms with Crippen LogP contribution >= 0.6 is 0 Å². The maximum atomic E-state index is 5.75. The van der Waals surface area contributed by atoms with Gasteiger partial charge in [-0.25, -0.2) is 0 Å². The smallest absolute Gasteiger partial charge is 0.121 e. The number of nitrogen functional groups attached to an aromatic ring is 1. The Bertz CT molecular complexity index is 352. The van der Waals surface area contributed by atoms with Gasteiger partial charge in [0.25, 0.3) is 0 Å². The number of anilines is 1. The van der Waals surface area contributed by atoms with Gasteiger partial charge in [-0.15, -0.1) is 0 Å². The Kier molecular flexibility index (Phi) is 7.34. The van der Waals surface area contributed by atoms with E-state index in [4.69, 9.17) is 10.5 Å². The Balaban J connectivity index is 2.31. The van der Waals surface area contributed by atoms with Crippen molar-refractivity contribution < 1.29 is 4.74 Å². The topological polar surface area (TPSA) is 38.5 Å². The molecule has 1 aromatic rings. The van der Waals surface area contributed by atoms with Crippen LogP contribution in [-0.4, -0.2) is 30.6 Å². The quantitative estimate of drug-likeness (QED) is 0.547. The van der Waals surface area contributed by atoms with Crippen LogP contribution in [0.4, 0.5) is 5.69 Å². The number of nitrogens with two attached hydrogens (primary N) is 1. The van der Waals surface area contributed by atoms with Crippen LogP contribution in [0.5, 0.6) is 5.75 Å². The average molecular weight is 264 g/mol. The van der Waals surface area contributed by atoms with Crippen LogP contribution in [0.15, 0.2) is 24.3 Å². The van der Waals surface area contributed by atoms with Gasteiger partial charge >= 0.3 is 0 Å². The van der Waals surface area contributed by atoms with Crippen LogP contribution in [0, 0.1) is 0 Å². The monoisotopic (exact) mass is 264 g/mol. The number of rotatable bonds is 9. The van der Waals surface area contributed by atoms with Gasteiger partial charge in [0.15, 0.2) is 0 Å². The fraction of sp³-hybridized carbons (Fsp3) is 0.625. The average Bonchev–Trinajstić information content (AvgIpc) is 2.37. The summed E-state index contributed by atoms with van der Waals surface area (Å²) in [4.78, 5) is 2.47. The van der Waals surface area contributed by atoms with E-state index >= 15 is 0 Å². The fourth-order valence-corrected chi connectivity index (χ4v) is 2.08. The normalized spacial score (nSPS) is 11.2. The zero-order chi connectivity index (χ0) is 14.1. The summed E-state index contributed by atoms with van der Waals surface area (Å²) in [7, 11) is 0. The fourth-order valence-electron chi connectivity index (χ4n) is 2.08. The van der Waals surface area contributed by atoms with Crippen LogP contribution in [-0.2, 0) is 0 Å². The molecule has 0 radical (unpaired) electrons. The predicted molar refractivity (Wildman–Crippen MR) is 82.6 cm³/mol. The Morgan fingerprint density at radius 2 is 2.00 bits per heavy atom. The minimum absolute atomic E-state index is 0.571. The van der Waals surface area contributed by atoms with E-state index in [0.717, 1.165) is 24.5 Å². The first-order chi connectivity index (χ1) is 9.13. The SMILES string of the molecule is CCCCCN(CCOc1cccc(N)c1)C(C)C. The molecule has 0 bridgehead atoms. The lowest BCUT2D eigenvalue weighted by Crippen LogP contribution is -2.35. The molecule has 0 heterocycles. The third-order valence-corrected chi connectivity index (χ3v) is 3.28. The number of ether oxygens (including phenoxy) is 1. The molecular weight excluding hydrogens is 236 g/mol. The van der Waals surface area contributed by atoms with Gasteiger partial charge in [0.1, 0.15) is 12.4 Å². The second-order valence-electron chi connectivity index (χ2n) is 5.26. The van der Waals surface area contributed by atoms with Gasteiger partial charge in [0, 0.05) is 24.3 Å². The van der Waals surface area contributed by atoms with Crippen molar-refractivity contribution in [3.63, 3.8) is 0 Å². The first-order valence-electron chi connectivity index (χ1n) is 7.36. The second kappa shape index (κ2) is 8.81. The number of hydrogen-bond acceptors (Lipinski definition) is 3. The van der Waals surface area contributed by atoms with E-state index in [-0.39, 0.29) is 0 Å². The van der Waals surface area contributed by atoms with E-state index in [9.17, 15) is 0 Å². The Morgan fingerprint density at radius 3 is 2.63 bits per heavy atom. The molecule has 0 spiro atoms. The molecule has 0 aliphatic heterocycles. The van der Waals surface area contributed by atoms with Crippen molar-refractivity contribution >= 4 is 5.69 Å². The third-order valence-electron chi connectivity index (χ3n) is 3.28. The second-order valence-corrected chi connectivity index (χ2v) is 5.26. The van der Waals surface area contributed by atoms with Crippen LogP contribution in [0.25, 0.3) is 0 Å². The van der Waals surface area contributed by atoms with Gasteiger partial charge in [-0.3, -0.25) is 4.90 Å². The summed E-state index contributed by atoms with van der Waals surface area (Å²) in [6.07, 6.45) is 3.85. The molecule has 108 valence electrons. The van der Waals surface area contributed by atoms with E-state index < -0.39 is 0 Å². The van der Waals surface area contributed by atoms with Crippen molar-refractivity contribution in [3.05, 3.63) is 24.3 Å². The van der Waals surface area contributed by atoms with E-state index in [0.29, 0.717) is 12.6 Å². The van der Waals surface area contributed by atoms with E-state index in [2.05, 4.69) is 25.7 Å². The van der Waals surface area contributed by atoms with Crippen LogP contribution in [0.2, 0.25) is 0 Å². The molecule has 0 aliphatic rings. The Hall–Kier alpha value is -1.22. The highest BCUT2D eigenvalue weighted by Crippen LogP contribution is 2.14. The minimum atomic E-state index is 0.571. The lowest BCUT2D eigenvalue weighted by atomic mass is 10.2. The highest BCUT2D eigenvalue weighted by molar-refractivity contribution is 5.43. The molecule has 0 unspecified atom stereocenters. The molecule has 1 rings (SSSR count). The molecule has 3 nitrogen and oxygen atoms in total. The number of hydrogen-bond donors (Lipinski definition) is 1. The van der Waals surface area contributed by atoms with Crippen LogP contribution in [0.3, 0.4) is 0 Å². The van der Waals surface area contributed by atoms with Gasteiger partial charge in [0.05, 0.1) is 0 Å². The van der Waals surface area contributed by atoms with Crippen molar-refractivity contribution in [2.75, 3.05) is 25.4 Å². The van der Waals surface area contributed by atoms with Gasteiger partial charge < -0.3 is 10.5 Å². The first-order valence-corrected chi connectivity index (χ1v) is 7.36. The third kappa shape index (κ3) is 6.48. The summed E-state index contributed by atoms with van der Waals surface area (Å²) in [5, 5.41) is 0. The zero-order valence-electron chi connectivity index (χ0n) is 12.6. The first kappa shape index (κ1) is 15.8.